The van der Waals surface area contributed by atoms with E-state index in [0.717, 1.165) is 25.9 Å². The average Bonchev–Trinajstić information content (AvgIpc) is 3.02. The summed E-state index contributed by atoms with van der Waals surface area (Å²) in [4.78, 5) is 19.2. The van der Waals surface area contributed by atoms with Crippen molar-refractivity contribution >= 4 is 28.5 Å². The molecular formula is C16H18ClN3O2. The number of fused-ring (bicyclic) bond motifs is 4. The van der Waals surface area contributed by atoms with E-state index in [1.54, 1.807) is 6.07 Å². The standard InChI is InChI=1S/C16H18ClN3O2/c1-9-13(10-2-5-20(9)6-3-10)19-16(21)12-8-18-15(17)14-11(12)4-7-22-14/h4,7-10,13H,2-3,5-6H2,1H3,(H,19,21)/t9-,13-/m0/s1. The van der Waals surface area contributed by atoms with Crippen LogP contribution in [0.5, 0.6) is 0 Å². The summed E-state index contributed by atoms with van der Waals surface area (Å²) in [6, 6.07) is 2.35. The molecule has 3 fully saturated rings. The molecule has 2 bridgehead atoms. The molecule has 2 aromatic rings. The SMILES string of the molecule is C[C@H]1[C@H](NC(=O)c2cnc(Cl)c3occc23)C2CCN1CC2. The topological polar surface area (TPSA) is 58.4 Å². The lowest BCUT2D eigenvalue weighted by Gasteiger charge is -2.49. The molecule has 3 aliphatic rings. The Morgan fingerprint density at radius 2 is 2.23 bits per heavy atom. The fourth-order valence-corrected chi connectivity index (χ4v) is 4.08. The van der Waals surface area contributed by atoms with Crippen LogP contribution in [0.2, 0.25) is 5.15 Å². The number of rotatable bonds is 2. The van der Waals surface area contributed by atoms with Crippen LogP contribution in [0.4, 0.5) is 0 Å². The number of carbonyl (C=O) groups excluding carboxylic acids is 1. The lowest BCUT2D eigenvalue weighted by molar-refractivity contribution is 0.0217. The van der Waals surface area contributed by atoms with E-state index in [4.69, 9.17) is 16.0 Å². The highest BCUT2D eigenvalue weighted by Crippen LogP contribution is 2.32. The van der Waals surface area contributed by atoms with E-state index in [9.17, 15) is 4.79 Å². The van der Waals surface area contributed by atoms with Gasteiger partial charge in [-0.3, -0.25) is 9.69 Å². The number of furan rings is 1. The zero-order valence-corrected chi connectivity index (χ0v) is 13.1. The largest absolute Gasteiger partial charge is 0.461 e. The van der Waals surface area contributed by atoms with Crippen LogP contribution in [0, 0.1) is 5.92 Å². The van der Waals surface area contributed by atoms with Gasteiger partial charge in [-0.15, -0.1) is 0 Å². The maximum Gasteiger partial charge on any atom is 0.253 e. The number of carbonyl (C=O) groups is 1. The number of halogens is 1. The molecule has 116 valence electrons. The van der Waals surface area contributed by atoms with Gasteiger partial charge < -0.3 is 9.73 Å². The molecule has 2 aromatic heterocycles. The van der Waals surface area contributed by atoms with E-state index >= 15 is 0 Å². The third-order valence-corrected chi connectivity index (χ3v) is 5.44. The van der Waals surface area contributed by atoms with Gasteiger partial charge in [-0.2, -0.15) is 0 Å². The van der Waals surface area contributed by atoms with Crippen molar-refractivity contribution < 1.29 is 9.21 Å². The highest BCUT2D eigenvalue weighted by Gasteiger charge is 2.40. The van der Waals surface area contributed by atoms with Gasteiger partial charge in [0, 0.05) is 23.7 Å². The smallest absolute Gasteiger partial charge is 0.253 e. The van der Waals surface area contributed by atoms with Gasteiger partial charge in [-0.1, -0.05) is 11.6 Å². The van der Waals surface area contributed by atoms with Crippen molar-refractivity contribution in [3.05, 3.63) is 29.2 Å². The van der Waals surface area contributed by atoms with Gasteiger partial charge in [0.25, 0.3) is 5.91 Å². The van der Waals surface area contributed by atoms with E-state index in [0.29, 0.717) is 28.5 Å². The van der Waals surface area contributed by atoms with Crippen LogP contribution in [0.25, 0.3) is 11.0 Å². The first-order valence-electron chi connectivity index (χ1n) is 7.72. The molecule has 3 saturated heterocycles. The van der Waals surface area contributed by atoms with Gasteiger partial charge >= 0.3 is 0 Å². The Hall–Kier alpha value is -1.59. The van der Waals surface area contributed by atoms with Crippen LogP contribution >= 0.6 is 11.6 Å². The van der Waals surface area contributed by atoms with Crippen molar-refractivity contribution in [3.8, 4) is 0 Å². The summed E-state index contributed by atoms with van der Waals surface area (Å²) in [5, 5.41) is 4.21. The quantitative estimate of drug-likeness (QED) is 0.865. The minimum atomic E-state index is -0.0961. The third kappa shape index (κ3) is 2.11. The number of pyridine rings is 1. The summed E-state index contributed by atoms with van der Waals surface area (Å²) in [7, 11) is 0. The van der Waals surface area contributed by atoms with Gasteiger partial charge in [-0.05, 0) is 44.8 Å². The fraction of sp³-hybridized carbons (Fsp3) is 0.500. The van der Waals surface area contributed by atoms with Crippen LogP contribution in [-0.2, 0) is 0 Å². The van der Waals surface area contributed by atoms with E-state index < -0.39 is 0 Å². The molecule has 22 heavy (non-hydrogen) atoms. The second-order valence-corrected chi connectivity index (χ2v) is 6.60. The fourth-order valence-electron chi connectivity index (χ4n) is 3.89. The number of piperidine rings is 3. The number of aromatic nitrogens is 1. The number of nitrogens with zero attached hydrogens (tertiary/aromatic N) is 2. The molecule has 0 aromatic carbocycles. The third-order valence-electron chi connectivity index (χ3n) is 5.17. The maximum absolute atomic E-state index is 12.7. The summed E-state index contributed by atoms with van der Waals surface area (Å²) in [6.45, 7) is 4.49. The molecule has 0 saturated carbocycles. The minimum Gasteiger partial charge on any atom is -0.461 e. The Morgan fingerprint density at radius 1 is 1.45 bits per heavy atom. The summed E-state index contributed by atoms with van der Waals surface area (Å²) < 4.78 is 5.32. The molecule has 2 atom stereocenters. The Balaban J connectivity index is 1.62. The zero-order valence-electron chi connectivity index (χ0n) is 12.4. The molecular weight excluding hydrogens is 302 g/mol. The first-order valence-corrected chi connectivity index (χ1v) is 8.09. The number of amides is 1. The molecule has 1 N–H and O–H groups in total. The van der Waals surface area contributed by atoms with E-state index in [1.807, 2.05) is 0 Å². The van der Waals surface area contributed by atoms with Crippen molar-refractivity contribution in [2.24, 2.45) is 5.92 Å². The molecule has 0 radical (unpaired) electrons. The summed E-state index contributed by atoms with van der Waals surface area (Å²) in [5.74, 6) is 0.477. The predicted molar refractivity (Wildman–Crippen MR) is 84.0 cm³/mol. The predicted octanol–water partition coefficient (Wildman–Crippen LogP) is 2.69. The number of nitrogens with one attached hydrogen (secondary N) is 1. The second kappa shape index (κ2) is 5.25. The van der Waals surface area contributed by atoms with Gasteiger partial charge in [0.05, 0.1) is 11.8 Å². The van der Waals surface area contributed by atoms with Crippen molar-refractivity contribution in [1.82, 2.24) is 15.2 Å². The van der Waals surface area contributed by atoms with Crippen LogP contribution in [0.3, 0.4) is 0 Å². The molecule has 5 rings (SSSR count). The molecule has 0 aliphatic carbocycles. The van der Waals surface area contributed by atoms with Gasteiger partial charge in [0.1, 0.15) is 0 Å². The molecule has 0 spiro atoms. The number of hydrogen-bond acceptors (Lipinski definition) is 4. The van der Waals surface area contributed by atoms with Crippen molar-refractivity contribution in [2.45, 2.75) is 31.8 Å². The first-order chi connectivity index (χ1) is 10.6. The molecule has 6 heteroatoms. The molecule has 0 unspecified atom stereocenters. The van der Waals surface area contributed by atoms with Crippen LogP contribution in [-0.4, -0.2) is 41.0 Å². The second-order valence-electron chi connectivity index (χ2n) is 6.24. The van der Waals surface area contributed by atoms with Crippen LogP contribution in [0.15, 0.2) is 22.9 Å². The zero-order chi connectivity index (χ0) is 15.3. The summed E-state index contributed by atoms with van der Waals surface area (Å²) in [5.41, 5.74) is 0.994. The highest BCUT2D eigenvalue weighted by atomic mass is 35.5. The Bertz CT molecular complexity index is 719. The maximum atomic E-state index is 12.7. The van der Waals surface area contributed by atoms with Crippen molar-refractivity contribution in [1.29, 1.82) is 0 Å². The summed E-state index contributed by atoms with van der Waals surface area (Å²) in [6.07, 6.45) is 5.39. The van der Waals surface area contributed by atoms with Gasteiger partial charge in [0.2, 0.25) is 0 Å². The Kier molecular flexibility index (Phi) is 3.35. The molecule has 5 nitrogen and oxygen atoms in total. The normalized spacial score (nSPS) is 30.6. The molecule has 1 amide bonds. The lowest BCUT2D eigenvalue weighted by atomic mass is 9.79. The van der Waals surface area contributed by atoms with E-state index in [2.05, 4.69) is 22.1 Å². The molecule has 3 aliphatic heterocycles. The van der Waals surface area contributed by atoms with Crippen LogP contribution < -0.4 is 5.32 Å². The minimum absolute atomic E-state index is 0.0961. The van der Waals surface area contributed by atoms with Gasteiger partial charge in [-0.25, -0.2) is 4.98 Å². The Morgan fingerprint density at radius 3 is 2.95 bits per heavy atom. The molecule has 5 heterocycles. The average molecular weight is 320 g/mol. The Labute approximate surface area is 133 Å². The monoisotopic (exact) mass is 319 g/mol. The van der Waals surface area contributed by atoms with Crippen molar-refractivity contribution in [3.63, 3.8) is 0 Å². The van der Waals surface area contributed by atoms with E-state index in [1.165, 1.54) is 12.5 Å². The van der Waals surface area contributed by atoms with Crippen molar-refractivity contribution in [2.75, 3.05) is 13.1 Å². The summed E-state index contributed by atoms with van der Waals surface area (Å²) >= 11 is 6.00. The van der Waals surface area contributed by atoms with E-state index in [-0.39, 0.29) is 17.1 Å². The highest BCUT2D eigenvalue weighted by molar-refractivity contribution is 6.34. The first kappa shape index (κ1) is 14.0. The van der Waals surface area contributed by atoms with Gasteiger partial charge in [0.15, 0.2) is 10.7 Å². The lowest BCUT2D eigenvalue weighted by Crippen LogP contribution is -2.62. The van der Waals surface area contributed by atoms with Crippen LogP contribution in [0.1, 0.15) is 30.1 Å². The number of hydrogen-bond donors (Lipinski definition) is 1.